The molecule has 0 bridgehead atoms. The molecule has 3 heteroatoms. The van der Waals surface area contributed by atoms with Crippen molar-refractivity contribution in [3.8, 4) is 0 Å². The fourth-order valence-corrected chi connectivity index (χ4v) is 2.34. The van der Waals surface area contributed by atoms with E-state index in [2.05, 4.69) is 19.2 Å². The third-order valence-corrected chi connectivity index (χ3v) is 3.74. The van der Waals surface area contributed by atoms with E-state index >= 15 is 0 Å². The van der Waals surface area contributed by atoms with Gasteiger partial charge in [0.05, 0.1) is 0 Å². The number of hydrogen-bond acceptors (Lipinski definition) is 2. The van der Waals surface area contributed by atoms with Gasteiger partial charge in [-0.2, -0.15) is 0 Å². The topological polar surface area (TPSA) is 12.0 Å². The maximum absolute atomic E-state index is 13.6. The molecular formula is C12H18FNS. The molecule has 0 radical (unpaired) electrons. The summed E-state index contributed by atoms with van der Waals surface area (Å²) in [5.74, 6) is -0.104. The van der Waals surface area contributed by atoms with Crippen LogP contribution in [0, 0.1) is 5.82 Å². The summed E-state index contributed by atoms with van der Waals surface area (Å²) < 4.78 is 13.6. The minimum Gasteiger partial charge on any atom is -0.316 e. The molecule has 0 amide bonds. The summed E-state index contributed by atoms with van der Waals surface area (Å²) >= 11 is 1.62. The maximum Gasteiger partial charge on any atom is 0.137 e. The van der Waals surface area contributed by atoms with Gasteiger partial charge >= 0.3 is 0 Å². The molecule has 0 aliphatic heterocycles. The second-order valence-corrected chi connectivity index (χ2v) is 5.04. The summed E-state index contributed by atoms with van der Waals surface area (Å²) in [7, 11) is 1.88. The van der Waals surface area contributed by atoms with Crippen LogP contribution >= 0.6 is 11.8 Å². The Balaban J connectivity index is 2.91. The average Bonchev–Trinajstić information content (AvgIpc) is 2.23. The van der Waals surface area contributed by atoms with E-state index in [0.717, 1.165) is 23.4 Å². The van der Waals surface area contributed by atoms with Crippen molar-refractivity contribution in [3.63, 3.8) is 0 Å². The van der Waals surface area contributed by atoms with Crippen molar-refractivity contribution in [1.82, 2.24) is 5.32 Å². The Labute approximate surface area is 95.5 Å². The Kier molecular flexibility index (Phi) is 5.12. The van der Waals surface area contributed by atoms with Gasteiger partial charge in [0.25, 0.3) is 0 Å². The van der Waals surface area contributed by atoms with Crippen molar-refractivity contribution >= 4 is 11.8 Å². The lowest BCUT2D eigenvalue weighted by Crippen LogP contribution is -2.08. The minimum absolute atomic E-state index is 0.104. The molecular weight excluding hydrogens is 209 g/mol. The van der Waals surface area contributed by atoms with Crippen molar-refractivity contribution in [1.29, 1.82) is 0 Å². The zero-order valence-electron chi connectivity index (χ0n) is 9.51. The van der Waals surface area contributed by atoms with Gasteiger partial charge in [-0.05, 0) is 25.1 Å². The molecule has 1 unspecified atom stereocenters. The molecule has 1 aromatic rings. The minimum atomic E-state index is -0.104. The van der Waals surface area contributed by atoms with Crippen molar-refractivity contribution < 1.29 is 4.39 Å². The zero-order chi connectivity index (χ0) is 11.3. The summed E-state index contributed by atoms with van der Waals surface area (Å²) in [6.07, 6.45) is 1.05. The SMILES string of the molecule is CCC(C)Sc1c(F)cccc1CNC. The Morgan fingerprint density at radius 3 is 2.80 bits per heavy atom. The van der Waals surface area contributed by atoms with Gasteiger partial charge < -0.3 is 5.32 Å². The van der Waals surface area contributed by atoms with Gasteiger partial charge in [0, 0.05) is 16.7 Å². The maximum atomic E-state index is 13.6. The molecule has 0 fully saturated rings. The van der Waals surface area contributed by atoms with Crippen molar-refractivity contribution in [2.75, 3.05) is 7.05 Å². The van der Waals surface area contributed by atoms with Gasteiger partial charge in [-0.15, -0.1) is 11.8 Å². The van der Waals surface area contributed by atoms with Crippen LogP contribution in [0.15, 0.2) is 23.1 Å². The summed E-state index contributed by atoms with van der Waals surface area (Å²) in [5.41, 5.74) is 1.04. The second kappa shape index (κ2) is 6.13. The molecule has 0 aliphatic rings. The van der Waals surface area contributed by atoms with Crippen molar-refractivity contribution in [2.24, 2.45) is 0 Å². The highest BCUT2D eigenvalue weighted by Crippen LogP contribution is 2.30. The predicted octanol–water partition coefficient (Wildman–Crippen LogP) is 3.44. The van der Waals surface area contributed by atoms with E-state index in [1.54, 1.807) is 17.8 Å². The van der Waals surface area contributed by atoms with E-state index < -0.39 is 0 Å². The molecule has 0 saturated carbocycles. The van der Waals surface area contributed by atoms with Crippen LogP contribution in [0.25, 0.3) is 0 Å². The smallest absolute Gasteiger partial charge is 0.137 e. The van der Waals surface area contributed by atoms with E-state index in [9.17, 15) is 4.39 Å². The van der Waals surface area contributed by atoms with Gasteiger partial charge in [-0.25, -0.2) is 4.39 Å². The zero-order valence-corrected chi connectivity index (χ0v) is 10.3. The molecule has 1 nitrogen and oxygen atoms in total. The summed E-state index contributed by atoms with van der Waals surface area (Å²) in [6.45, 7) is 4.97. The molecule has 1 N–H and O–H groups in total. The monoisotopic (exact) mass is 227 g/mol. The highest BCUT2D eigenvalue weighted by atomic mass is 32.2. The number of thioether (sulfide) groups is 1. The van der Waals surface area contributed by atoms with Crippen LogP contribution in [0.3, 0.4) is 0 Å². The Hall–Kier alpha value is -0.540. The van der Waals surface area contributed by atoms with Crippen LogP contribution in [0.2, 0.25) is 0 Å². The number of benzene rings is 1. The van der Waals surface area contributed by atoms with Crippen LogP contribution in [-0.4, -0.2) is 12.3 Å². The largest absolute Gasteiger partial charge is 0.316 e. The lowest BCUT2D eigenvalue weighted by atomic mass is 10.2. The van der Waals surface area contributed by atoms with Gasteiger partial charge in [0.2, 0.25) is 0 Å². The van der Waals surface area contributed by atoms with Crippen LogP contribution in [0.5, 0.6) is 0 Å². The molecule has 0 aromatic heterocycles. The fourth-order valence-electron chi connectivity index (χ4n) is 1.30. The van der Waals surface area contributed by atoms with E-state index in [-0.39, 0.29) is 5.82 Å². The molecule has 1 atom stereocenters. The molecule has 15 heavy (non-hydrogen) atoms. The van der Waals surface area contributed by atoms with Crippen LogP contribution in [-0.2, 0) is 6.54 Å². The number of nitrogens with one attached hydrogen (secondary N) is 1. The Bertz CT molecular complexity index is 314. The normalized spacial score (nSPS) is 12.8. The number of rotatable bonds is 5. The number of halogens is 1. The first kappa shape index (κ1) is 12.5. The van der Waals surface area contributed by atoms with Gasteiger partial charge in [-0.3, -0.25) is 0 Å². The third-order valence-electron chi connectivity index (χ3n) is 2.31. The first-order chi connectivity index (χ1) is 7.19. The third kappa shape index (κ3) is 3.50. The van der Waals surface area contributed by atoms with E-state index in [1.807, 2.05) is 13.1 Å². The molecule has 1 rings (SSSR count). The van der Waals surface area contributed by atoms with Crippen molar-refractivity contribution in [3.05, 3.63) is 29.6 Å². The quantitative estimate of drug-likeness (QED) is 0.773. The lowest BCUT2D eigenvalue weighted by Gasteiger charge is -2.13. The highest BCUT2D eigenvalue weighted by Gasteiger charge is 2.11. The van der Waals surface area contributed by atoms with E-state index in [4.69, 9.17) is 0 Å². The second-order valence-electron chi connectivity index (χ2n) is 3.60. The predicted molar refractivity (Wildman–Crippen MR) is 64.8 cm³/mol. The number of hydrogen-bond donors (Lipinski definition) is 1. The van der Waals surface area contributed by atoms with Crippen LogP contribution in [0.4, 0.5) is 4.39 Å². The van der Waals surface area contributed by atoms with Crippen LogP contribution in [0.1, 0.15) is 25.8 Å². The van der Waals surface area contributed by atoms with Gasteiger partial charge in [0.1, 0.15) is 5.82 Å². The first-order valence-electron chi connectivity index (χ1n) is 5.27. The first-order valence-corrected chi connectivity index (χ1v) is 6.15. The highest BCUT2D eigenvalue weighted by molar-refractivity contribution is 8.00. The van der Waals surface area contributed by atoms with Crippen LogP contribution < -0.4 is 5.32 Å². The molecule has 0 heterocycles. The van der Waals surface area contributed by atoms with Crippen molar-refractivity contribution in [2.45, 2.75) is 37.0 Å². The lowest BCUT2D eigenvalue weighted by molar-refractivity contribution is 0.593. The van der Waals surface area contributed by atoms with Gasteiger partial charge in [-0.1, -0.05) is 26.0 Å². The Morgan fingerprint density at radius 2 is 2.20 bits per heavy atom. The molecule has 0 saturated heterocycles. The van der Waals surface area contributed by atoms with E-state index in [1.165, 1.54) is 6.07 Å². The summed E-state index contributed by atoms with van der Waals surface area (Å²) in [4.78, 5) is 0.793. The summed E-state index contributed by atoms with van der Waals surface area (Å²) in [6, 6.07) is 5.27. The molecule has 0 spiro atoms. The average molecular weight is 227 g/mol. The molecule has 0 aliphatic carbocycles. The molecule has 1 aromatic carbocycles. The van der Waals surface area contributed by atoms with E-state index in [0.29, 0.717) is 5.25 Å². The molecule has 84 valence electrons. The summed E-state index contributed by atoms with van der Waals surface area (Å²) in [5, 5.41) is 3.52. The van der Waals surface area contributed by atoms with Gasteiger partial charge in [0.15, 0.2) is 0 Å². The standard InChI is InChI=1S/C12H18FNS/c1-4-9(2)15-12-10(8-14-3)6-5-7-11(12)13/h5-7,9,14H,4,8H2,1-3H3. The fraction of sp³-hybridized carbons (Fsp3) is 0.500. The Morgan fingerprint density at radius 1 is 1.47 bits per heavy atom.